The number of pyridine rings is 1. The van der Waals surface area contributed by atoms with Crippen molar-refractivity contribution in [3.05, 3.63) is 46.4 Å². The van der Waals surface area contributed by atoms with E-state index in [1.54, 1.807) is 34.1 Å². The van der Waals surface area contributed by atoms with Gasteiger partial charge in [-0.1, -0.05) is 12.8 Å². The van der Waals surface area contributed by atoms with Crippen LogP contribution in [-0.2, 0) is 0 Å². The molecule has 1 aliphatic rings. The number of carbonyl (C=O) groups is 2. The Bertz CT molecular complexity index is 953. The quantitative estimate of drug-likeness (QED) is 0.771. The molecule has 0 atom stereocenters. The third-order valence-electron chi connectivity index (χ3n) is 4.81. The van der Waals surface area contributed by atoms with Crippen LogP contribution in [0.4, 0.5) is 0 Å². The second-order valence-electron chi connectivity index (χ2n) is 6.51. The maximum Gasteiger partial charge on any atom is 0.273 e. The van der Waals surface area contributed by atoms with E-state index in [-0.39, 0.29) is 5.91 Å². The van der Waals surface area contributed by atoms with Gasteiger partial charge >= 0.3 is 0 Å². The highest BCUT2D eigenvalue weighted by molar-refractivity contribution is 7.08. The zero-order valence-electron chi connectivity index (χ0n) is 14.4. The van der Waals surface area contributed by atoms with Gasteiger partial charge in [-0.15, -0.1) is 0 Å². The van der Waals surface area contributed by atoms with Crippen molar-refractivity contribution in [2.75, 3.05) is 13.1 Å². The van der Waals surface area contributed by atoms with E-state index in [1.807, 2.05) is 21.7 Å². The minimum absolute atomic E-state index is 0.0396. The third-order valence-corrected chi connectivity index (χ3v) is 5.49. The molecule has 0 aliphatic carbocycles. The number of hydrogen-bond acceptors (Lipinski definition) is 4. The number of primary amides is 1. The fraction of sp³-hybridized carbons (Fsp3) is 0.316. The molecule has 2 N–H and O–H groups in total. The molecular formula is C19H20N4O2S. The molecule has 1 fully saturated rings. The van der Waals surface area contributed by atoms with Crippen molar-refractivity contribution in [3.63, 3.8) is 0 Å². The van der Waals surface area contributed by atoms with E-state index in [1.165, 1.54) is 0 Å². The summed E-state index contributed by atoms with van der Waals surface area (Å²) in [5, 5.41) is 3.92. The standard InChI is InChI=1S/C19H20N4O2S/c20-17(24)14-6-5-10-23-16(19(25)22-8-3-1-2-4-9-22)15(21-18(14)23)13-7-11-26-12-13/h5-7,10-12H,1-4,8-9H2,(H2,20,24). The van der Waals surface area contributed by atoms with E-state index in [9.17, 15) is 9.59 Å². The molecule has 26 heavy (non-hydrogen) atoms. The maximum absolute atomic E-state index is 13.4. The van der Waals surface area contributed by atoms with Crippen molar-refractivity contribution in [2.45, 2.75) is 25.7 Å². The summed E-state index contributed by atoms with van der Waals surface area (Å²) in [7, 11) is 0. The van der Waals surface area contributed by atoms with Crippen molar-refractivity contribution in [3.8, 4) is 11.3 Å². The Labute approximate surface area is 155 Å². The van der Waals surface area contributed by atoms with Crippen molar-refractivity contribution >= 4 is 28.8 Å². The van der Waals surface area contributed by atoms with Crippen LogP contribution < -0.4 is 5.73 Å². The lowest BCUT2D eigenvalue weighted by Gasteiger charge is -2.20. The van der Waals surface area contributed by atoms with Crippen molar-refractivity contribution in [1.29, 1.82) is 0 Å². The van der Waals surface area contributed by atoms with Gasteiger partial charge in [-0.25, -0.2) is 4.98 Å². The van der Waals surface area contributed by atoms with E-state index in [0.29, 0.717) is 22.6 Å². The highest BCUT2D eigenvalue weighted by Crippen LogP contribution is 2.29. The van der Waals surface area contributed by atoms with E-state index >= 15 is 0 Å². The summed E-state index contributed by atoms with van der Waals surface area (Å²) >= 11 is 1.55. The van der Waals surface area contributed by atoms with Crippen molar-refractivity contribution in [2.24, 2.45) is 5.73 Å². The van der Waals surface area contributed by atoms with E-state index in [4.69, 9.17) is 5.73 Å². The number of hydrogen-bond donors (Lipinski definition) is 1. The number of nitrogens with two attached hydrogens (primary N) is 1. The van der Waals surface area contributed by atoms with Crippen LogP contribution in [0.5, 0.6) is 0 Å². The van der Waals surface area contributed by atoms with Gasteiger partial charge in [0.2, 0.25) is 0 Å². The van der Waals surface area contributed by atoms with Gasteiger partial charge in [0.15, 0.2) is 5.65 Å². The van der Waals surface area contributed by atoms with Crippen LogP contribution in [-0.4, -0.2) is 39.2 Å². The number of fused-ring (bicyclic) bond motifs is 1. The smallest absolute Gasteiger partial charge is 0.273 e. The minimum atomic E-state index is -0.550. The van der Waals surface area contributed by atoms with Gasteiger partial charge in [0.05, 0.1) is 5.56 Å². The van der Waals surface area contributed by atoms with E-state index < -0.39 is 5.91 Å². The Morgan fingerprint density at radius 2 is 1.88 bits per heavy atom. The van der Waals surface area contributed by atoms with Crippen LogP contribution in [0.2, 0.25) is 0 Å². The average Bonchev–Trinajstić information content (AvgIpc) is 3.21. The lowest BCUT2D eigenvalue weighted by Crippen LogP contribution is -2.33. The van der Waals surface area contributed by atoms with Gasteiger partial charge < -0.3 is 10.6 Å². The van der Waals surface area contributed by atoms with Crippen LogP contribution in [0.1, 0.15) is 46.5 Å². The number of likely N-dealkylation sites (tertiary alicyclic amines) is 1. The summed E-state index contributed by atoms with van der Waals surface area (Å²) in [4.78, 5) is 31.7. The monoisotopic (exact) mass is 368 g/mol. The molecule has 6 nitrogen and oxygen atoms in total. The SMILES string of the molecule is NC(=O)c1cccn2c(C(=O)N3CCCCCC3)c(-c3ccsc3)nc12. The fourth-order valence-corrected chi connectivity index (χ4v) is 4.13. The van der Waals surface area contributed by atoms with Gasteiger partial charge in [-0.05, 0) is 36.4 Å². The molecule has 1 saturated heterocycles. The molecule has 134 valence electrons. The van der Waals surface area contributed by atoms with Crippen LogP contribution in [0, 0.1) is 0 Å². The first-order valence-electron chi connectivity index (χ1n) is 8.79. The van der Waals surface area contributed by atoms with Crippen molar-refractivity contribution in [1.82, 2.24) is 14.3 Å². The van der Waals surface area contributed by atoms with Crippen LogP contribution in [0.25, 0.3) is 16.9 Å². The summed E-state index contributed by atoms with van der Waals surface area (Å²) in [6.07, 6.45) is 6.11. The third kappa shape index (κ3) is 2.88. The van der Waals surface area contributed by atoms with E-state index in [2.05, 4.69) is 4.98 Å². The van der Waals surface area contributed by atoms with Gasteiger partial charge in [0.1, 0.15) is 11.4 Å². The molecule has 0 aromatic carbocycles. The second kappa shape index (κ2) is 6.92. The Morgan fingerprint density at radius 3 is 2.54 bits per heavy atom. The largest absolute Gasteiger partial charge is 0.365 e. The summed E-state index contributed by atoms with van der Waals surface area (Å²) < 4.78 is 1.71. The second-order valence-corrected chi connectivity index (χ2v) is 7.29. The number of aromatic nitrogens is 2. The Hall–Kier alpha value is -2.67. The zero-order chi connectivity index (χ0) is 18.1. The van der Waals surface area contributed by atoms with Crippen LogP contribution >= 0.6 is 11.3 Å². The lowest BCUT2D eigenvalue weighted by molar-refractivity contribution is 0.0755. The first-order chi connectivity index (χ1) is 12.7. The molecule has 0 saturated carbocycles. The predicted molar refractivity (Wildman–Crippen MR) is 101 cm³/mol. The van der Waals surface area contributed by atoms with Gasteiger partial charge in [-0.3, -0.25) is 14.0 Å². The van der Waals surface area contributed by atoms with E-state index in [0.717, 1.165) is 44.3 Å². The summed E-state index contributed by atoms with van der Waals surface area (Å²) in [5.41, 5.74) is 8.25. The number of thiophene rings is 1. The summed E-state index contributed by atoms with van der Waals surface area (Å²) in [5.74, 6) is -0.589. The molecule has 0 unspecified atom stereocenters. The van der Waals surface area contributed by atoms with Crippen LogP contribution in [0.15, 0.2) is 35.2 Å². The normalized spacial score (nSPS) is 15.2. The molecule has 1 aliphatic heterocycles. The summed E-state index contributed by atoms with van der Waals surface area (Å²) in [6, 6.07) is 5.31. The molecule has 3 aromatic rings. The lowest BCUT2D eigenvalue weighted by atomic mass is 10.2. The molecular weight excluding hydrogens is 348 g/mol. The number of imidazole rings is 1. The summed E-state index contributed by atoms with van der Waals surface area (Å²) in [6.45, 7) is 1.51. The van der Waals surface area contributed by atoms with Crippen LogP contribution in [0.3, 0.4) is 0 Å². The molecule has 0 bridgehead atoms. The Balaban J connectivity index is 1.91. The highest BCUT2D eigenvalue weighted by atomic mass is 32.1. The number of nitrogens with zero attached hydrogens (tertiary/aromatic N) is 3. The predicted octanol–water partition coefficient (Wildman–Crippen LogP) is 3.18. The number of rotatable bonds is 3. The van der Waals surface area contributed by atoms with Crippen molar-refractivity contribution < 1.29 is 9.59 Å². The molecule has 4 rings (SSSR count). The van der Waals surface area contributed by atoms with Gasteiger partial charge in [0, 0.05) is 30.2 Å². The highest BCUT2D eigenvalue weighted by Gasteiger charge is 2.27. The fourth-order valence-electron chi connectivity index (χ4n) is 3.49. The molecule has 3 aromatic heterocycles. The Morgan fingerprint density at radius 1 is 1.12 bits per heavy atom. The first-order valence-corrected chi connectivity index (χ1v) is 9.74. The maximum atomic E-state index is 13.4. The molecule has 0 radical (unpaired) electrons. The minimum Gasteiger partial charge on any atom is -0.365 e. The molecule has 0 spiro atoms. The number of carbonyl (C=O) groups excluding carboxylic acids is 2. The topological polar surface area (TPSA) is 80.7 Å². The van der Waals surface area contributed by atoms with Gasteiger partial charge in [0.25, 0.3) is 11.8 Å². The van der Waals surface area contributed by atoms with Gasteiger partial charge in [-0.2, -0.15) is 11.3 Å². The average molecular weight is 368 g/mol. The Kier molecular flexibility index (Phi) is 4.46. The number of amides is 2. The molecule has 4 heterocycles. The molecule has 7 heteroatoms. The zero-order valence-corrected chi connectivity index (χ0v) is 15.2. The molecule has 2 amide bonds. The first kappa shape index (κ1) is 16.8.